The Morgan fingerprint density at radius 3 is 2.69 bits per heavy atom. The number of nitrogens with one attached hydrogen (secondary N) is 2. The van der Waals surface area contributed by atoms with E-state index in [2.05, 4.69) is 32.5 Å². The van der Waals surface area contributed by atoms with Gasteiger partial charge in [0.1, 0.15) is 17.1 Å². The molecule has 1 saturated heterocycles. The summed E-state index contributed by atoms with van der Waals surface area (Å²) in [7, 11) is 0. The van der Waals surface area contributed by atoms with E-state index < -0.39 is 11.4 Å². The number of benzene rings is 1. The molecule has 0 radical (unpaired) electrons. The number of piperidine rings is 1. The van der Waals surface area contributed by atoms with Crippen molar-refractivity contribution in [2.75, 3.05) is 19.7 Å². The lowest BCUT2D eigenvalue weighted by molar-refractivity contribution is 0.292. The Labute approximate surface area is 173 Å². The van der Waals surface area contributed by atoms with Crippen molar-refractivity contribution in [3.05, 3.63) is 39.8 Å². The molecule has 0 aromatic heterocycles. The Hall–Kier alpha value is -0.240. The van der Waals surface area contributed by atoms with Crippen LogP contribution in [0.2, 0.25) is 5.02 Å². The van der Waals surface area contributed by atoms with Crippen molar-refractivity contribution in [1.29, 1.82) is 0 Å². The zero-order valence-electron chi connectivity index (χ0n) is 15.6. The summed E-state index contributed by atoms with van der Waals surface area (Å²) >= 11 is 8.67. The van der Waals surface area contributed by atoms with Gasteiger partial charge in [-0.05, 0) is 80.7 Å². The zero-order chi connectivity index (χ0) is 19.3. The third-order valence-corrected chi connectivity index (χ3v) is 7.17. The highest BCUT2D eigenvalue weighted by Gasteiger charge is 2.35. The minimum Gasteiger partial charge on any atom is -0.598 e. The fourth-order valence-corrected chi connectivity index (χ4v) is 4.34. The van der Waals surface area contributed by atoms with Crippen LogP contribution in [0.15, 0.2) is 29.3 Å². The first-order chi connectivity index (χ1) is 12.2. The van der Waals surface area contributed by atoms with Gasteiger partial charge in [0.2, 0.25) is 0 Å². The van der Waals surface area contributed by atoms with Gasteiger partial charge in [0.05, 0.1) is 11.1 Å². The van der Waals surface area contributed by atoms with E-state index in [1.807, 2.05) is 32.9 Å². The van der Waals surface area contributed by atoms with Gasteiger partial charge in [0.25, 0.3) is 0 Å². The lowest BCUT2D eigenvalue weighted by atomic mass is 9.86. The average molecular weight is 464 g/mol. The smallest absolute Gasteiger partial charge is 0.136 e. The molecule has 0 aliphatic carbocycles. The van der Waals surface area contributed by atoms with Gasteiger partial charge in [-0.25, -0.2) is 0 Å². The third kappa shape index (κ3) is 5.88. The zero-order valence-corrected chi connectivity index (χ0v) is 18.8. The van der Waals surface area contributed by atoms with Gasteiger partial charge < -0.3 is 14.6 Å². The molecule has 1 aliphatic rings. The summed E-state index contributed by atoms with van der Waals surface area (Å²) in [5.74, 6) is 1.09. The Balaban J connectivity index is 2.42. The molecule has 0 spiro atoms. The highest BCUT2D eigenvalue weighted by molar-refractivity contribution is 9.10. The Bertz CT molecular complexity index is 618. The van der Waals surface area contributed by atoms with Crippen molar-refractivity contribution < 1.29 is 9.29 Å². The molecule has 2 N–H and O–H groups in total. The number of hydrogen-bond donors (Lipinski definition) is 2. The number of halogens is 2. The van der Waals surface area contributed by atoms with E-state index in [0.29, 0.717) is 17.5 Å². The highest BCUT2D eigenvalue weighted by atomic mass is 79.9. The fraction of sp³-hybridized carbons (Fsp3) is 0.579. The van der Waals surface area contributed by atoms with E-state index in [1.165, 1.54) is 0 Å². The number of rotatable bonds is 7. The molecular formula is C19H28BrClN2O2S. The van der Waals surface area contributed by atoms with Crippen molar-refractivity contribution in [2.24, 2.45) is 5.92 Å². The molecule has 7 heteroatoms. The molecular weight excluding hydrogens is 436 g/mol. The van der Waals surface area contributed by atoms with Crippen LogP contribution in [0.3, 0.4) is 0 Å². The molecule has 1 fully saturated rings. The van der Waals surface area contributed by atoms with Crippen molar-refractivity contribution in [3.8, 4) is 5.75 Å². The topological polar surface area (TPSA) is 56.3 Å². The van der Waals surface area contributed by atoms with Crippen LogP contribution >= 0.6 is 27.5 Å². The first kappa shape index (κ1) is 22.1. The fourth-order valence-electron chi connectivity index (χ4n) is 2.94. The van der Waals surface area contributed by atoms with Crippen LogP contribution < -0.4 is 14.8 Å². The summed E-state index contributed by atoms with van der Waals surface area (Å²) in [5.41, 5.74) is 0.949. The molecule has 2 rings (SSSR count). The summed E-state index contributed by atoms with van der Waals surface area (Å²) < 4.78 is 22.6. The number of ether oxygens (including phenoxy) is 1. The first-order valence-corrected chi connectivity index (χ1v) is 11.2. The van der Waals surface area contributed by atoms with Crippen LogP contribution in [0.5, 0.6) is 5.75 Å². The second-order valence-corrected chi connectivity index (χ2v) is 10.7. The van der Waals surface area contributed by atoms with Gasteiger partial charge in [-0.1, -0.05) is 24.3 Å². The Morgan fingerprint density at radius 1 is 1.46 bits per heavy atom. The van der Waals surface area contributed by atoms with Crippen LogP contribution in [0.4, 0.5) is 0 Å². The van der Waals surface area contributed by atoms with Crippen molar-refractivity contribution in [3.63, 3.8) is 0 Å². The van der Waals surface area contributed by atoms with Crippen molar-refractivity contribution >= 4 is 38.9 Å². The van der Waals surface area contributed by atoms with Crippen LogP contribution in [-0.4, -0.2) is 29.0 Å². The van der Waals surface area contributed by atoms with E-state index in [1.54, 1.807) is 6.08 Å². The molecule has 4 nitrogen and oxygen atoms in total. The van der Waals surface area contributed by atoms with E-state index in [9.17, 15) is 4.55 Å². The minimum atomic E-state index is -1.20. The largest absolute Gasteiger partial charge is 0.598 e. The normalized spacial score (nSPS) is 18.4. The predicted molar refractivity (Wildman–Crippen MR) is 114 cm³/mol. The molecule has 1 heterocycles. The molecule has 146 valence electrons. The molecule has 2 atom stereocenters. The monoisotopic (exact) mass is 462 g/mol. The SMILES string of the molecule is C=CCOc1cc(Br)c(Cl)cc1C(N[S@@+]([O-])C(C)(C)C)C1CCNCC1. The Morgan fingerprint density at radius 2 is 2.12 bits per heavy atom. The molecule has 1 aliphatic heterocycles. The average Bonchev–Trinajstić information content (AvgIpc) is 2.60. The predicted octanol–water partition coefficient (Wildman–Crippen LogP) is 4.76. The molecule has 0 bridgehead atoms. The molecule has 26 heavy (non-hydrogen) atoms. The van der Waals surface area contributed by atoms with Gasteiger partial charge in [0, 0.05) is 21.4 Å². The second kappa shape index (κ2) is 9.80. The van der Waals surface area contributed by atoms with E-state index >= 15 is 0 Å². The van der Waals surface area contributed by atoms with Gasteiger partial charge in [-0.15, -0.1) is 4.72 Å². The van der Waals surface area contributed by atoms with E-state index in [-0.39, 0.29) is 10.8 Å². The molecule has 0 amide bonds. The van der Waals surface area contributed by atoms with E-state index in [0.717, 1.165) is 41.7 Å². The quantitative estimate of drug-likeness (QED) is 0.452. The van der Waals surface area contributed by atoms with Crippen LogP contribution in [0.1, 0.15) is 45.2 Å². The van der Waals surface area contributed by atoms with Gasteiger partial charge in [0.15, 0.2) is 0 Å². The minimum absolute atomic E-state index is 0.0948. The summed E-state index contributed by atoms with van der Waals surface area (Å²) in [6.45, 7) is 12.0. The standard InChI is InChI=1S/C19H28BrClN2O2S/c1-5-10-25-17-12-15(20)16(21)11-14(17)18(13-6-8-22-9-7-13)23-26(24)19(2,3)4/h5,11-13,18,22-23H,1,6-10H2,2-4H3/t18?,26-/m0/s1. The summed E-state index contributed by atoms with van der Waals surface area (Å²) in [5, 5.41) is 4.01. The van der Waals surface area contributed by atoms with E-state index in [4.69, 9.17) is 16.3 Å². The lowest BCUT2D eigenvalue weighted by Crippen LogP contribution is -2.45. The molecule has 1 aromatic carbocycles. The highest BCUT2D eigenvalue weighted by Crippen LogP contribution is 2.40. The van der Waals surface area contributed by atoms with Crippen molar-refractivity contribution in [2.45, 2.75) is 44.4 Å². The number of hydrogen-bond acceptors (Lipinski definition) is 4. The van der Waals surface area contributed by atoms with Crippen LogP contribution in [0, 0.1) is 5.92 Å². The first-order valence-electron chi connectivity index (χ1n) is 8.85. The van der Waals surface area contributed by atoms with Crippen molar-refractivity contribution in [1.82, 2.24) is 10.0 Å². The summed E-state index contributed by atoms with van der Waals surface area (Å²) in [4.78, 5) is 0. The van der Waals surface area contributed by atoms with Crippen LogP contribution in [-0.2, 0) is 11.4 Å². The molecule has 1 aromatic rings. The maximum absolute atomic E-state index is 12.9. The lowest BCUT2D eigenvalue weighted by Gasteiger charge is -2.35. The Kier molecular flexibility index (Phi) is 8.32. The maximum atomic E-state index is 12.9. The summed E-state index contributed by atoms with van der Waals surface area (Å²) in [6, 6.07) is 3.71. The summed E-state index contributed by atoms with van der Waals surface area (Å²) in [6.07, 6.45) is 3.73. The second-order valence-electron chi connectivity index (χ2n) is 7.47. The van der Waals surface area contributed by atoms with Gasteiger partial charge in [-0.3, -0.25) is 0 Å². The van der Waals surface area contributed by atoms with Gasteiger partial charge in [-0.2, -0.15) is 0 Å². The molecule has 1 unspecified atom stereocenters. The van der Waals surface area contributed by atoms with Gasteiger partial charge >= 0.3 is 0 Å². The third-order valence-electron chi connectivity index (χ3n) is 4.39. The maximum Gasteiger partial charge on any atom is 0.136 e. The molecule has 0 saturated carbocycles. The van der Waals surface area contributed by atoms with Crippen LogP contribution in [0.25, 0.3) is 0 Å².